The average Bonchev–Trinajstić information content (AvgIpc) is 3.03. The molecule has 0 aliphatic carbocycles. The molecule has 25 heavy (non-hydrogen) atoms. The number of hydrogen-bond acceptors (Lipinski definition) is 3. The number of fused-ring (bicyclic) bond motifs is 1. The largest absolute Gasteiger partial charge is 0.355 e. The van der Waals surface area contributed by atoms with Gasteiger partial charge in [0.05, 0.1) is 12.2 Å². The molecule has 0 spiro atoms. The van der Waals surface area contributed by atoms with Crippen LogP contribution in [0.2, 0.25) is 0 Å². The fraction of sp³-hybridized carbons (Fsp3) is 0.444. The quantitative estimate of drug-likeness (QED) is 0.411. The lowest BCUT2D eigenvalue weighted by Crippen LogP contribution is -2.42. The molecule has 1 aliphatic heterocycles. The molecule has 136 valence electrons. The summed E-state index contributed by atoms with van der Waals surface area (Å²) in [6.07, 6.45) is 2.95. The molecule has 0 atom stereocenters. The number of halogens is 1. The molecule has 0 amide bonds. The first kappa shape index (κ1) is 19.7. The normalized spacial score (nSPS) is 14.6. The second-order valence-corrected chi connectivity index (χ2v) is 6.09. The van der Waals surface area contributed by atoms with Gasteiger partial charge in [-0.05, 0) is 23.6 Å². The van der Waals surface area contributed by atoms with E-state index in [9.17, 15) is 0 Å². The maximum Gasteiger partial charge on any atom is 0.191 e. The minimum Gasteiger partial charge on any atom is -0.355 e. The topological polar surface area (TPSA) is 57.5 Å². The highest BCUT2D eigenvalue weighted by molar-refractivity contribution is 14.0. The average molecular weight is 454 g/mol. The van der Waals surface area contributed by atoms with E-state index in [4.69, 9.17) is 0 Å². The molecule has 0 bridgehead atoms. The van der Waals surface area contributed by atoms with E-state index in [0.717, 1.165) is 44.3 Å². The summed E-state index contributed by atoms with van der Waals surface area (Å²) >= 11 is 0. The SMILES string of the molecule is CN=C(NCCN1CCc2ccccc2C1)NCc1ccnn1C.I. The summed E-state index contributed by atoms with van der Waals surface area (Å²) in [4.78, 5) is 6.77. The highest BCUT2D eigenvalue weighted by Gasteiger charge is 2.15. The van der Waals surface area contributed by atoms with Crippen LogP contribution in [0.1, 0.15) is 16.8 Å². The van der Waals surface area contributed by atoms with Crippen molar-refractivity contribution in [3.05, 3.63) is 53.3 Å². The zero-order valence-corrected chi connectivity index (χ0v) is 17.2. The van der Waals surface area contributed by atoms with Crippen molar-refractivity contribution in [3.8, 4) is 0 Å². The van der Waals surface area contributed by atoms with Crippen LogP contribution in [-0.2, 0) is 26.6 Å². The van der Waals surface area contributed by atoms with Crippen molar-refractivity contribution in [1.82, 2.24) is 25.3 Å². The number of nitrogens with zero attached hydrogens (tertiary/aromatic N) is 4. The lowest BCUT2D eigenvalue weighted by atomic mass is 10.00. The van der Waals surface area contributed by atoms with Crippen molar-refractivity contribution in [2.45, 2.75) is 19.5 Å². The van der Waals surface area contributed by atoms with E-state index in [-0.39, 0.29) is 24.0 Å². The molecule has 0 radical (unpaired) electrons. The van der Waals surface area contributed by atoms with Gasteiger partial charge in [-0.25, -0.2) is 0 Å². The third-order valence-corrected chi connectivity index (χ3v) is 4.51. The van der Waals surface area contributed by atoms with Crippen LogP contribution in [0.3, 0.4) is 0 Å². The second kappa shape index (κ2) is 9.76. The van der Waals surface area contributed by atoms with Gasteiger partial charge in [0, 0.05) is 46.5 Å². The van der Waals surface area contributed by atoms with Crippen LogP contribution in [0.4, 0.5) is 0 Å². The molecule has 1 aromatic carbocycles. The summed E-state index contributed by atoms with van der Waals surface area (Å²) in [5.74, 6) is 0.827. The van der Waals surface area contributed by atoms with E-state index in [0.29, 0.717) is 6.54 Å². The van der Waals surface area contributed by atoms with E-state index in [1.54, 1.807) is 13.2 Å². The van der Waals surface area contributed by atoms with Gasteiger partial charge in [0.15, 0.2) is 5.96 Å². The fourth-order valence-electron chi connectivity index (χ4n) is 3.05. The van der Waals surface area contributed by atoms with E-state index in [1.807, 2.05) is 17.8 Å². The van der Waals surface area contributed by atoms with Crippen LogP contribution in [0, 0.1) is 0 Å². The summed E-state index contributed by atoms with van der Waals surface area (Å²) in [7, 11) is 3.75. The monoisotopic (exact) mass is 454 g/mol. The molecule has 2 aromatic rings. The molecular formula is C18H27IN6. The Morgan fingerprint density at radius 2 is 2.00 bits per heavy atom. The first-order valence-electron chi connectivity index (χ1n) is 8.47. The molecule has 1 aromatic heterocycles. The van der Waals surface area contributed by atoms with Gasteiger partial charge in [-0.2, -0.15) is 5.10 Å². The van der Waals surface area contributed by atoms with Crippen molar-refractivity contribution < 1.29 is 0 Å². The summed E-state index contributed by atoms with van der Waals surface area (Å²) in [5, 5.41) is 10.9. The molecule has 0 saturated heterocycles. The Bertz CT molecular complexity index is 696. The maximum absolute atomic E-state index is 4.28. The zero-order chi connectivity index (χ0) is 16.8. The van der Waals surface area contributed by atoms with Crippen LogP contribution in [0.15, 0.2) is 41.5 Å². The summed E-state index contributed by atoms with van der Waals surface area (Å²) < 4.78 is 1.87. The lowest BCUT2D eigenvalue weighted by molar-refractivity contribution is 0.258. The van der Waals surface area contributed by atoms with Gasteiger partial charge in [-0.1, -0.05) is 24.3 Å². The van der Waals surface area contributed by atoms with Crippen LogP contribution < -0.4 is 10.6 Å². The van der Waals surface area contributed by atoms with Crippen LogP contribution >= 0.6 is 24.0 Å². The molecule has 2 N–H and O–H groups in total. The van der Waals surface area contributed by atoms with Gasteiger partial charge in [0.2, 0.25) is 0 Å². The predicted molar refractivity (Wildman–Crippen MR) is 112 cm³/mol. The number of guanidine groups is 1. The highest BCUT2D eigenvalue weighted by Crippen LogP contribution is 2.17. The van der Waals surface area contributed by atoms with Crippen molar-refractivity contribution in [3.63, 3.8) is 0 Å². The van der Waals surface area contributed by atoms with Gasteiger partial charge < -0.3 is 10.6 Å². The number of aryl methyl sites for hydroxylation is 1. The van der Waals surface area contributed by atoms with Crippen molar-refractivity contribution in [2.24, 2.45) is 12.0 Å². The van der Waals surface area contributed by atoms with Crippen molar-refractivity contribution in [1.29, 1.82) is 0 Å². The second-order valence-electron chi connectivity index (χ2n) is 6.09. The minimum absolute atomic E-state index is 0. The number of benzene rings is 1. The fourth-order valence-corrected chi connectivity index (χ4v) is 3.05. The molecule has 0 unspecified atom stereocenters. The smallest absolute Gasteiger partial charge is 0.191 e. The summed E-state index contributed by atoms with van der Waals surface area (Å²) in [5.41, 5.74) is 4.09. The number of hydrogen-bond donors (Lipinski definition) is 2. The predicted octanol–water partition coefficient (Wildman–Crippen LogP) is 1.76. The molecule has 7 heteroatoms. The first-order valence-corrected chi connectivity index (χ1v) is 8.47. The number of nitrogens with one attached hydrogen (secondary N) is 2. The Hall–Kier alpha value is -1.61. The number of aromatic nitrogens is 2. The summed E-state index contributed by atoms with van der Waals surface area (Å²) in [6, 6.07) is 10.8. The third kappa shape index (κ3) is 5.43. The molecule has 2 heterocycles. The van der Waals surface area contributed by atoms with Crippen molar-refractivity contribution in [2.75, 3.05) is 26.7 Å². The van der Waals surface area contributed by atoms with Gasteiger partial charge in [0.25, 0.3) is 0 Å². The van der Waals surface area contributed by atoms with Gasteiger partial charge in [0.1, 0.15) is 0 Å². The molecule has 0 saturated carbocycles. The summed E-state index contributed by atoms with van der Waals surface area (Å²) in [6.45, 7) is 4.78. The number of aliphatic imine (C=N–C) groups is 1. The van der Waals surface area contributed by atoms with Gasteiger partial charge in [-0.15, -0.1) is 24.0 Å². The Labute approximate surface area is 166 Å². The molecule has 1 aliphatic rings. The van der Waals surface area contributed by atoms with Crippen LogP contribution in [-0.4, -0.2) is 47.3 Å². The van der Waals surface area contributed by atoms with E-state index < -0.39 is 0 Å². The van der Waals surface area contributed by atoms with E-state index in [1.165, 1.54) is 11.1 Å². The first-order chi connectivity index (χ1) is 11.8. The molecule has 3 rings (SSSR count). The minimum atomic E-state index is 0. The van der Waals surface area contributed by atoms with Crippen molar-refractivity contribution >= 4 is 29.9 Å². The van der Waals surface area contributed by atoms with E-state index >= 15 is 0 Å². The Morgan fingerprint density at radius 3 is 2.72 bits per heavy atom. The van der Waals surface area contributed by atoms with Gasteiger partial charge in [-0.3, -0.25) is 14.6 Å². The highest BCUT2D eigenvalue weighted by atomic mass is 127. The number of rotatable bonds is 5. The zero-order valence-electron chi connectivity index (χ0n) is 14.9. The molecule has 6 nitrogen and oxygen atoms in total. The Balaban J connectivity index is 0.00000225. The Morgan fingerprint density at radius 1 is 1.20 bits per heavy atom. The molecular weight excluding hydrogens is 427 g/mol. The van der Waals surface area contributed by atoms with Crippen LogP contribution in [0.5, 0.6) is 0 Å². The molecule has 0 fully saturated rings. The van der Waals surface area contributed by atoms with Gasteiger partial charge >= 0.3 is 0 Å². The van der Waals surface area contributed by atoms with E-state index in [2.05, 4.69) is 49.9 Å². The lowest BCUT2D eigenvalue weighted by Gasteiger charge is -2.28. The Kier molecular flexibility index (Phi) is 7.70. The third-order valence-electron chi connectivity index (χ3n) is 4.51. The maximum atomic E-state index is 4.28. The van der Waals surface area contributed by atoms with Crippen LogP contribution in [0.25, 0.3) is 0 Å². The standard InChI is InChI=1S/C18H26N6.HI/c1-19-18(21-13-17-7-9-22-23(17)2)20-10-12-24-11-8-15-5-3-4-6-16(15)14-24;/h3-7,9H,8,10-14H2,1-2H3,(H2,19,20,21);1H.